The van der Waals surface area contributed by atoms with Crippen LogP contribution in [0.15, 0.2) is 6.07 Å². The molecular weight excluding hydrogens is 226 g/mol. The topological polar surface area (TPSA) is 93.6 Å². The Kier molecular flexibility index (Phi) is 4.50. The van der Waals surface area contributed by atoms with Gasteiger partial charge in [-0.1, -0.05) is 0 Å². The largest absolute Gasteiger partial charge is 0.481 e. The molecule has 0 spiro atoms. The van der Waals surface area contributed by atoms with E-state index >= 15 is 0 Å². The summed E-state index contributed by atoms with van der Waals surface area (Å²) in [5.41, 5.74) is 0. The summed E-state index contributed by atoms with van der Waals surface area (Å²) in [6, 6.07) is 1.25. The Balaban J connectivity index is 2.79. The monoisotopic (exact) mass is 241 g/mol. The predicted molar refractivity (Wildman–Crippen MR) is 60.5 cm³/mol. The number of aromatic nitrogens is 2. The normalized spacial score (nSPS) is 11.7. The molecule has 1 atom stereocenters. The molecule has 0 fully saturated rings. The lowest BCUT2D eigenvalue weighted by Gasteiger charge is -2.12. The Labute approximate surface area is 98.8 Å². The van der Waals surface area contributed by atoms with Crippen LogP contribution < -0.4 is 14.8 Å². The van der Waals surface area contributed by atoms with E-state index in [-0.39, 0.29) is 18.4 Å². The van der Waals surface area contributed by atoms with Crippen molar-refractivity contribution in [2.45, 2.75) is 19.4 Å². The summed E-state index contributed by atoms with van der Waals surface area (Å²) in [4.78, 5) is 18.6. The fourth-order valence-electron chi connectivity index (χ4n) is 1.21. The summed E-state index contributed by atoms with van der Waals surface area (Å²) in [7, 11) is 2.96. The van der Waals surface area contributed by atoms with Crippen molar-refractivity contribution in [3.05, 3.63) is 6.07 Å². The van der Waals surface area contributed by atoms with Gasteiger partial charge in [0.25, 0.3) is 0 Å². The highest BCUT2D eigenvalue weighted by Gasteiger charge is 2.11. The second-order valence-electron chi connectivity index (χ2n) is 3.42. The van der Waals surface area contributed by atoms with Crippen LogP contribution in [0.5, 0.6) is 11.8 Å². The lowest BCUT2D eigenvalue weighted by Crippen LogP contribution is -2.20. The molecule has 1 unspecified atom stereocenters. The van der Waals surface area contributed by atoms with E-state index in [1.54, 1.807) is 6.92 Å². The Hall–Kier alpha value is -2.05. The minimum Gasteiger partial charge on any atom is -0.481 e. The first-order valence-corrected chi connectivity index (χ1v) is 5.00. The second kappa shape index (κ2) is 5.88. The standard InChI is InChI=1S/C10H15N3O4/c1-6(4-9(14)15)11-10-12-7(16-2)5-8(13-10)17-3/h5-6H,4H2,1-3H3,(H,14,15)(H,11,12,13). The van der Waals surface area contributed by atoms with Crippen molar-refractivity contribution >= 4 is 11.9 Å². The fourth-order valence-corrected chi connectivity index (χ4v) is 1.21. The Morgan fingerprint density at radius 2 is 1.94 bits per heavy atom. The Morgan fingerprint density at radius 3 is 2.35 bits per heavy atom. The molecular formula is C10H15N3O4. The van der Waals surface area contributed by atoms with Crippen LogP contribution in [0, 0.1) is 0 Å². The molecule has 0 saturated carbocycles. The van der Waals surface area contributed by atoms with Crippen molar-refractivity contribution in [1.29, 1.82) is 0 Å². The number of hydrogen-bond acceptors (Lipinski definition) is 6. The van der Waals surface area contributed by atoms with Crippen LogP contribution in [0.2, 0.25) is 0 Å². The molecule has 0 radical (unpaired) electrons. The smallest absolute Gasteiger partial charge is 0.305 e. The third-order valence-electron chi connectivity index (χ3n) is 1.95. The van der Waals surface area contributed by atoms with Crippen molar-refractivity contribution in [1.82, 2.24) is 9.97 Å². The highest BCUT2D eigenvalue weighted by Crippen LogP contribution is 2.17. The second-order valence-corrected chi connectivity index (χ2v) is 3.42. The quantitative estimate of drug-likeness (QED) is 0.759. The summed E-state index contributed by atoms with van der Waals surface area (Å²) >= 11 is 0. The van der Waals surface area contributed by atoms with E-state index in [1.165, 1.54) is 20.3 Å². The zero-order valence-corrected chi connectivity index (χ0v) is 9.93. The molecule has 0 aliphatic carbocycles. The van der Waals surface area contributed by atoms with E-state index in [0.29, 0.717) is 11.8 Å². The van der Waals surface area contributed by atoms with E-state index in [2.05, 4.69) is 15.3 Å². The van der Waals surface area contributed by atoms with Gasteiger partial charge in [0.05, 0.1) is 26.7 Å². The van der Waals surface area contributed by atoms with E-state index < -0.39 is 5.97 Å². The first kappa shape index (κ1) is 13.0. The fraction of sp³-hybridized carbons (Fsp3) is 0.500. The molecule has 7 heteroatoms. The van der Waals surface area contributed by atoms with Crippen LogP contribution in [0.1, 0.15) is 13.3 Å². The summed E-state index contributed by atoms with van der Waals surface area (Å²) in [6.45, 7) is 1.73. The van der Waals surface area contributed by atoms with Gasteiger partial charge in [-0.15, -0.1) is 0 Å². The minimum atomic E-state index is -0.889. The van der Waals surface area contributed by atoms with Crippen molar-refractivity contribution in [2.75, 3.05) is 19.5 Å². The van der Waals surface area contributed by atoms with Crippen LogP contribution >= 0.6 is 0 Å². The van der Waals surface area contributed by atoms with E-state index in [1.807, 2.05) is 0 Å². The van der Waals surface area contributed by atoms with Crippen LogP contribution in [0.4, 0.5) is 5.95 Å². The van der Waals surface area contributed by atoms with Crippen LogP contribution in [0.3, 0.4) is 0 Å². The molecule has 2 N–H and O–H groups in total. The first-order chi connectivity index (χ1) is 8.05. The molecule has 0 saturated heterocycles. The maximum atomic E-state index is 10.5. The van der Waals surface area contributed by atoms with Gasteiger partial charge in [0.1, 0.15) is 0 Å². The van der Waals surface area contributed by atoms with Gasteiger partial charge in [-0.25, -0.2) is 0 Å². The van der Waals surface area contributed by atoms with Crippen molar-refractivity contribution in [3.8, 4) is 11.8 Å². The van der Waals surface area contributed by atoms with Gasteiger partial charge in [-0.2, -0.15) is 9.97 Å². The molecule has 17 heavy (non-hydrogen) atoms. The lowest BCUT2D eigenvalue weighted by molar-refractivity contribution is -0.137. The van der Waals surface area contributed by atoms with Gasteiger partial charge in [0.15, 0.2) is 0 Å². The number of carbonyl (C=O) groups is 1. The number of nitrogens with one attached hydrogen (secondary N) is 1. The molecule has 1 aromatic heterocycles. The maximum absolute atomic E-state index is 10.5. The number of nitrogens with zero attached hydrogens (tertiary/aromatic N) is 2. The van der Waals surface area contributed by atoms with Crippen molar-refractivity contribution in [3.63, 3.8) is 0 Å². The summed E-state index contributed by atoms with van der Waals surface area (Å²) in [5.74, 6) is 0.0820. The Bertz CT molecular complexity index is 375. The summed E-state index contributed by atoms with van der Waals surface area (Å²) < 4.78 is 9.95. The molecule has 0 bridgehead atoms. The number of anilines is 1. The van der Waals surface area contributed by atoms with Gasteiger partial charge in [-0.05, 0) is 6.92 Å². The number of hydrogen-bond donors (Lipinski definition) is 2. The highest BCUT2D eigenvalue weighted by atomic mass is 16.5. The molecule has 0 amide bonds. The maximum Gasteiger partial charge on any atom is 0.305 e. The molecule has 0 aliphatic heterocycles. The number of carboxylic acids is 1. The molecule has 0 aliphatic rings. The van der Waals surface area contributed by atoms with Crippen LogP contribution in [-0.2, 0) is 4.79 Å². The first-order valence-electron chi connectivity index (χ1n) is 5.00. The van der Waals surface area contributed by atoms with Crippen LogP contribution in [0.25, 0.3) is 0 Å². The lowest BCUT2D eigenvalue weighted by atomic mass is 10.2. The van der Waals surface area contributed by atoms with Gasteiger partial charge in [0, 0.05) is 6.04 Å². The number of carboxylic acid groups (broad SMARTS) is 1. The van der Waals surface area contributed by atoms with E-state index in [9.17, 15) is 4.79 Å². The molecule has 7 nitrogen and oxygen atoms in total. The average molecular weight is 241 g/mol. The van der Waals surface area contributed by atoms with E-state index in [0.717, 1.165) is 0 Å². The van der Waals surface area contributed by atoms with Gasteiger partial charge in [0.2, 0.25) is 17.7 Å². The number of ether oxygens (including phenoxy) is 2. The van der Waals surface area contributed by atoms with E-state index in [4.69, 9.17) is 14.6 Å². The predicted octanol–water partition coefficient (Wildman–Crippen LogP) is 0.769. The molecule has 1 rings (SSSR count). The van der Waals surface area contributed by atoms with Crippen molar-refractivity contribution in [2.24, 2.45) is 0 Å². The highest BCUT2D eigenvalue weighted by molar-refractivity contribution is 5.68. The summed E-state index contributed by atoms with van der Waals surface area (Å²) in [6.07, 6.45) is -0.0249. The van der Waals surface area contributed by atoms with Gasteiger partial charge < -0.3 is 19.9 Å². The summed E-state index contributed by atoms with van der Waals surface area (Å²) in [5, 5.41) is 11.5. The minimum absolute atomic E-state index is 0.0249. The number of methoxy groups -OCH3 is 2. The SMILES string of the molecule is COc1cc(OC)nc(NC(C)CC(=O)O)n1. The number of aliphatic carboxylic acids is 1. The zero-order chi connectivity index (χ0) is 12.8. The molecule has 94 valence electrons. The average Bonchev–Trinajstić information content (AvgIpc) is 2.27. The molecule has 1 heterocycles. The number of rotatable bonds is 6. The molecule has 0 aromatic carbocycles. The van der Waals surface area contributed by atoms with Gasteiger partial charge >= 0.3 is 5.97 Å². The third kappa shape index (κ3) is 4.13. The zero-order valence-electron chi connectivity index (χ0n) is 9.93. The van der Waals surface area contributed by atoms with Crippen LogP contribution in [-0.4, -0.2) is 41.3 Å². The Morgan fingerprint density at radius 1 is 1.41 bits per heavy atom. The third-order valence-corrected chi connectivity index (χ3v) is 1.95. The molecule has 1 aromatic rings. The van der Waals surface area contributed by atoms with Crippen molar-refractivity contribution < 1.29 is 19.4 Å². The van der Waals surface area contributed by atoms with Gasteiger partial charge in [-0.3, -0.25) is 4.79 Å².